The van der Waals surface area contributed by atoms with Crippen molar-refractivity contribution in [2.75, 3.05) is 20.4 Å². The van der Waals surface area contributed by atoms with Gasteiger partial charge in [-0.2, -0.15) is 0 Å². The quantitative estimate of drug-likeness (QED) is 0.650. The molecule has 0 aromatic rings. The predicted molar refractivity (Wildman–Crippen MR) is 42.8 cm³/mol. The minimum absolute atomic E-state index is 0.262. The summed E-state index contributed by atoms with van der Waals surface area (Å²) in [5, 5.41) is 8.87. The standard InChI is InChI=1S/C6H15O4P/c1-6(7)4-5-11(8,9-2)10-3/h6-7H,4-5H2,1-3H3. The van der Waals surface area contributed by atoms with Crippen LogP contribution in [0.15, 0.2) is 0 Å². The van der Waals surface area contributed by atoms with Crippen molar-refractivity contribution >= 4 is 7.60 Å². The van der Waals surface area contributed by atoms with Crippen molar-refractivity contribution in [3.63, 3.8) is 0 Å². The van der Waals surface area contributed by atoms with Gasteiger partial charge in [-0.25, -0.2) is 0 Å². The van der Waals surface area contributed by atoms with E-state index < -0.39 is 13.7 Å². The molecule has 0 bridgehead atoms. The molecular weight excluding hydrogens is 167 g/mol. The highest BCUT2D eigenvalue weighted by Crippen LogP contribution is 2.46. The van der Waals surface area contributed by atoms with Crippen LogP contribution in [0.5, 0.6) is 0 Å². The molecule has 4 nitrogen and oxygen atoms in total. The monoisotopic (exact) mass is 182 g/mol. The topological polar surface area (TPSA) is 55.8 Å². The molecule has 0 spiro atoms. The van der Waals surface area contributed by atoms with Crippen molar-refractivity contribution in [1.29, 1.82) is 0 Å². The van der Waals surface area contributed by atoms with E-state index in [9.17, 15) is 4.57 Å². The Hall–Kier alpha value is 0.110. The lowest BCUT2D eigenvalue weighted by molar-refractivity contribution is 0.186. The van der Waals surface area contributed by atoms with Crippen LogP contribution in [0.2, 0.25) is 0 Å². The highest BCUT2D eigenvalue weighted by atomic mass is 31.2. The van der Waals surface area contributed by atoms with E-state index in [0.29, 0.717) is 6.42 Å². The fourth-order valence-corrected chi connectivity index (χ4v) is 1.81. The fourth-order valence-electron chi connectivity index (χ4n) is 0.602. The first-order chi connectivity index (χ1) is 5.04. The van der Waals surface area contributed by atoms with Gasteiger partial charge in [0.05, 0.1) is 12.3 Å². The molecule has 11 heavy (non-hydrogen) atoms. The van der Waals surface area contributed by atoms with Crippen LogP contribution in [0.25, 0.3) is 0 Å². The molecule has 0 rings (SSSR count). The first-order valence-electron chi connectivity index (χ1n) is 3.42. The second-order valence-corrected chi connectivity index (χ2v) is 4.74. The summed E-state index contributed by atoms with van der Waals surface area (Å²) in [5.41, 5.74) is 0. The molecule has 0 radical (unpaired) electrons. The molecule has 0 heterocycles. The fraction of sp³-hybridized carbons (Fsp3) is 1.00. The Balaban J connectivity index is 3.79. The maximum atomic E-state index is 11.3. The molecule has 0 aromatic carbocycles. The molecule has 0 saturated heterocycles. The number of aliphatic hydroxyl groups is 1. The molecule has 0 aliphatic carbocycles. The van der Waals surface area contributed by atoms with Gasteiger partial charge in [-0.15, -0.1) is 0 Å². The lowest BCUT2D eigenvalue weighted by Gasteiger charge is -2.13. The van der Waals surface area contributed by atoms with Crippen molar-refractivity contribution in [1.82, 2.24) is 0 Å². The zero-order valence-electron chi connectivity index (χ0n) is 7.11. The van der Waals surface area contributed by atoms with Gasteiger partial charge in [0.2, 0.25) is 0 Å². The Morgan fingerprint density at radius 3 is 2.18 bits per heavy atom. The van der Waals surface area contributed by atoms with Crippen LogP contribution < -0.4 is 0 Å². The van der Waals surface area contributed by atoms with Crippen LogP contribution in [-0.4, -0.2) is 31.6 Å². The zero-order valence-corrected chi connectivity index (χ0v) is 8.01. The van der Waals surface area contributed by atoms with Crippen molar-refractivity contribution in [3.05, 3.63) is 0 Å². The van der Waals surface area contributed by atoms with Gasteiger partial charge in [0.15, 0.2) is 0 Å². The molecule has 1 unspecified atom stereocenters. The molecule has 0 saturated carbocycles. The summed E-state index contributed by atoms with van der Waals surface area (Å²) in [4.78, 5) is 0. The van der Waals surface area contributed by atoms with Gasteiger partial charge >= 0.3 is 7.60 Å². The molecule has 0 aromatic heterocycles. The summed E-state index contributed by atoms with van der Waals surface area (Å²) in [6.07, 6.45) is 0.227. The van der Waals surface area contributed by atoms with Gasteiger partial charge < -0.3 is 14.2 Å². The Bertz CT molecular complexity index is 138. The molecule has 1 N–H and O–H groups in total. The molecule has 0 fully saturated rings. The minimum Gasteiger partial charge on any atom is -0.393 e. The van der Waals surface area contributed by atoms with Gasteiger partial charge in [0, 0.05) is 14.2 Å². The van der Waals surface area contributed by atoms with Gasteiger partial charge in [-0.1, -0.05) is 0 Å². The summed E-state index contributed by atoms with van der Waals surface area (Å²) < 4.78 is 20.6. The molecular formula is C6H15O4P. The average Bonchev–Trinajstić information content (AvgIpc) is 2.00. The average molecular weight is 182 g/mol. The SMILES string of the molecule is COP(=O)(CCC(C)O)OC. The highest BCUT2D eigenvalue weighted by molar-refractivity contribution is 7.53. The third-order valence-electron chi connectivity index (χ3n) is 1.38. The number of hydrogen-bond acceptors (Lipinski definition) is 4. The number of aliphatic hydroxyl groups excluding tert-OH is 1. The maximum absolute atomic E-state index is 11.3. The Morgan fingerprint density at radius 1 is 1.45 bits per heavy atom. The largest absolute Gasteiger partial charge is 0.393 e. The lowest BCUT2D eigenvalue weighted by Crippen LogP contribution is -2.04. The van der Waals surface area contributed by atoms with Crippen LogP contribution in [-0.2, 0) is 13.6 Å². The molecule has 68 valence electrons. The highest BCUT2D eigenvalue weighted by Gasteiger charge is 2.20. The normalized spacial score (nSPS) is 14.9. The number of hydrogen-bond donors (Lipinski definition) is 1. The molecule has 0 aliphatic heterocycles. The van der Waals surface area contributed by atoms with Crippen molar-refractivity contribution in [2.45, 2.75) is 19.4 Å². The summed E-state index contributed by atoms with van der Waals surface area (Å²) in [6.45, 7) is 1.63. The summed E-state index contributed by atoms with van der Waals surface area (Å²) in [5.74, 6) is 0. The van der Waals surface area contributed by atoms with Gasteiger partial charge in [-0.05, 0) is 13.3 Å². The first-order valence-corrected chi connectivity index (χ1v) is 5.15. The van der Waals surface area contributed by atoms with Crippen molar-refractivity contribution < 1.29 is 18.7 Å². The van der Waals surface area contributed by atoms with E-state index in [-0.39, 0.29) is 6.16 Å². The summed E-state index contributed by atoms with van der Waals surface area (Å²) in [7, 11) is -0.216. The third kappa shape index (κ3) is 4.53. The minimum atomic E-state index is -2.90. The van der Waals surface area contributed by atoms with Crippen molar-refractivity contribution in [2.24, 2.45) is 0 Å². The Kier molecular flexibility index (Phi) is 4.93. The van der Waals surface area contributed by atoms with E-state index in [2.05, 4.69) is 9.05 Å². The predicted octanol–water partition coefficient (Wildman–Crippen LogP) is 1.24. The first kappa shape index (κ1) is 11.1. The third-order valence-corrected chi connectivity index (χ3v) is 3.30. The van der Waals surface area contributed by atoms with Crippen LogP contribution in [0.4, 0.5) is 0 Å². The molecule has 0 amide bonds. The Labute approximate surface area is 67.0 Å². The zero-order chi connectivity index (χ0) is 8.91. The van der Waals surface area contributed by atoms with Crippen LogP contribution in [0.3, 0.4) is 0 Å². The van der Waals surface area contributed by atoms with Gasteiger partial charge in [0.1, 0.15) is 0 Å². The summed E-state index contributed by atoms with van der Waals surface area (Å²) in [6, 6.07) is 0. The van der Waals surface area contributed by atoms with Crippen LogP contribution in [0, 0.1) is 0 Å². The van der Waals surface area contributed by atoms with Crippen LogP contribution >= 0.6 is 7.60 Å². The van der Waals surface area contributed by atoms with Gasteiger partial charge in [0.25, 0.3) is 0 Å². The van der Waals surface area contributed by atoms with Gasteiger partial charge in [-0.3, -0.25) is 4.57 Å². The van der Waals surface area contributed by atoms with E-state index in [0.717, 1.165) is 0 Å². The number of rotatable bonds is 5. The lowest BCUT2D eigenvalue weighted by atomic mass is 10.3. The molecule has 0 aliphatic rings. The smallest absolute Gasteiger partial charge is 0.330 e. The second-order valence-electron chi connectivity index (χ2n) is 2.34. The van der Waals surface area contributed by atoms with E-state index in [4.69, 9.17) is 5.11 Å². The molecule has 5 heteroatoms. The van der Waals surface area contributed by atoms with E-state index >= 15 is 0 Å². The second kappa shape index (κ2) is 4.88. The molecule has 1 atom stereocenters. The van der Waals surface area contributed by atoms with E-state index in [1.807, 2.05) is 0 Å². The van der Waals surface area contributed by atoms with Crippen molar-refractivity contribution in [3.8, 4) is 0 Å². The van der Waals surface area contributed by atoms with E-state index in [1.165, 1.54) is 14.2 Å². The van der Waals surface area contributed by atoms with E-state index in [1.54, 1.807) is 6.92 Å². The maximum Gasteiger partial charge on any atom is 0.330 e. The van der Waals surface area contributed by atoms with Crippen LogP contribution in [0.1, 0.15) is 13.3 Å². The summed E-state index contributed by atoms with van der Waals surface area (Å²) >= 11 is 0. The Morgan fingerprint density at radius 2 is 1.91 bits per heavy atom.